The first kappa shape index (κ1) is 21.0. The van der Waals surface area contributed by atoms with Crippen LogP contribution in [0, 0.1) is 29.1 Å². The van der Waals surface area contributed by atoms with E-state index in [2.05, 4.69) is 17.0 Å². The van der Waals surface area contributed by atoms with Crippen molar-refractivity contribution in [2.75, 3.05) is 26.7 Å². The Morgan fingerprint density at radius 2 is 1.55 bits per heavy atom. The number of rotatable bonds is 6. The number of nitrogens with zero attached hydrogens (tertiary/aromatic N) is 2. The number of likely N-dealkylation sites (tertiary alicyclic amines) is 1. The zero-order valence-corrected chi connectivity index (χ0v) is 19.1. The van der Waals surface area contributed by atoms with E-state index in [0.717, 1.165) is 56.7 Å². The molecule has 0 unspecified atom stereocenters. The van der Waals surface area contributed by atoms with Crippen molar-refractivity contribution in [3.63, 3.8) is 0 Å². The van der Waals surface area contributed by atoms with E-state index < -0.39 is 0 Å². The Hall–Kier alpha value is -1.84. The molecule has 1 heterocycles. The molecule has 0 atom stereocenters. The first-order valence-electron chi connectivity index (χ1n) is 12.6. The van der Waals surface area contributed by atoms with Gasteiger partial charge >= 0.3 is 0 Å². The molecular weight excluding hydrogens is 384 g/mol. The first-order valence-corrected chi connectivity index (χ1v) is 12.6. The molecule has 0 N–H and O–H groups in total. The lowest BCUT2D eigenvalue weighted by molar-refractivity contribution is -0.143. The number of aryl methyl sites for hydroxylation is 1. The molecule has 4 heteroatoms. The maximum absolute atomic E-state index is 13.2. The van der Waals surface area contributed by atoms with Crippen molar-refractivity contribution in [2.45, 2.75) is 64.2 Å². The second kappa shape index (κ2) is 8.60. The zero-order valence-electron chi connectivity index (χ0n) is 19.1. The van der Waals surface area contributed by atoms with Crippen molar-refractivity contribution >= 4 is 11.8 Å². The molecule has 5 aliphatic rings. The molecule has 4 bridgehead atoms. The zero-order chi connectivity index (χ0) is 21.4. The van der Waals surface area contributed by atoms with E-state index in [4.69, 9.17) is 0 Å². The van der Waals surface area contributed by atoms with Crippen LogP contribution in [0.15, 0.2) is 30.3 Å². The van der Waals surface area contributed by atoms with Crippen molar-refractivity contribution < 1.29 is 9.59 Å². The van der Waals surface area contributed by atoms with Gasteiger partial charge < -0.3 is 9.80 Å². The van der Waals surface area contributed by atoms with Gasteiger partial charge in [-0.2, -0.15) is 0 Å². The second-order valence-corrected chi connectivity index (χ2v) is 11.3. The largest absolute Gasteiger partial charge is 0.345 e. The first-order chi connectivity index (χ1) is 15.0. The molecule has 6 rings (SSSR count). The van der Waals surface area contributed by atoms with Crippen LogP contribution in [-0.4, -0.2) is 48.3 Å². The molecule has 1 aliphatic heterocycles. The molecule has 0 radical (unpaired) electrons. The van der Waals surface area contributed by atoms with Gasteiger partial charge in [-0.15, -0.1) is 0 Å². The van der Waals surface area contributed by atoms with Crippen LogP contribution in [0.5, 0.6) is 0 Å². The minimum absolute atomic E-state index is 0.0945. The van der Waals surface area contributed by atoms with Crippen molar-refractivity contribution in [1.82, 2.24) is 9.80 Å². The summed E-state index contributed by atoms with van der Waals surface area (Å²) in [4.78, 5) is 29.9. The van der Waals surface area contributed by atoms with E-state index >= 15 is 0 Å². The Morgan fingerprint density at radius 3 is 2.13 bits per heavy atom. The fourth-order valence-electron chi connectivity index (χ4n) is 7.81. The molecule has 4 aliphatic carbocycles. The summed E-state index contributed by atoms with van der Waals surface area (Å²) < 4.78 is 0. The number of amides is 2. The van der Waals surface area contributed by atoms with E-state index in [1.165, 1.54) is 44.1 Å². The highest BCUT2D eigenvalue weighted by Gasteiger charge is 2.51. The molecule has 2 amide bonds. The van der Waals surface area contributed by atoms with Crippen LogP contribution in [0.25, 0.3) is 0 Å². The molecule has 1 aromatic rings. The summed E-state index contributed by atoms with van der Waals surface area (Å²) in [7, 11) is 2.04. The molecule has 0 aromatic heterocycles. The third-order valence-electron chi connectivity index (χ3n) is 8.78. The number of piperidine rings is 1. The standard InChI is InChI=1S/C27H38N2O2/c1-28(19-27-16-21-13-22(17-27)15-23(14-21)18-27)26(31)24-9-11-29(12-10-24)25(30)8-7-20-5-3-2-4-6-20/h2-6,21-24H,7-19H2,1H3. The Morgan fingerprint density at radius 1 is 0.968 bits per heavy atom. The van der Waals surface area contributed by atoms with Gasteiger partial charge in [0.2, 0.25) is 11.8 Å². The number of carbonyl (C=O) groups is 2. The van der Waals surface area contributed by atoms with Crippen molar-refractivity contribution in [2.24, 2.45) is 29.1 Å². The molecule has 168 valence electrons. The Bertz CT molecular complexity index is 761. The van der Waals surface area contributed by atoms with Gasteiger partial charge in [-0.3, -0.25) is 9.59 Å². The summed E-state index contributed by atoms with van der Waals surface area (Å²) in [6, 6.07) is 10.2. The normalized spacial score (nSPS) is 32.3. The molecule has 1 saturated heterocycles. The van der Waals surface area contributed by atoms with Crippen molar-refractivity contribution in [1.29, 1.82) is 0 Å². The summed E-state index contributed by atoms with van der Waals surface area (Å²) >= 11 is 0. The van der Waals surface area contributed by atoms with Crippen LogP contribution < -0.4 is 0 Å². The maximum atomic E-state index is 13.2. The van der Waals surface area contributed by atoms with Crippen LogP contribution in [0.3, 0.4) is 0 Å². The van der Waals surface area contributed by atoms with E-state index in [9.17, 15) is 9.59 Å². The molecular formula is C27H38N2O2. The summed E-state index contributed by atoms with van der Waals surface area (Å²) in [5.41, 5.74) is 1.63. The van der Waals surface area contributed by atoms with Gasteiger partial charge in [-0.1, -0.05) is 30.3 Å². The minimum atomic E-state index is 0.0945. The minimum Gasteiger partial charge on any atom is -0.345 e. The highest BCUT2D eigenvalue weighted by molar-refractivity contribution is 5.80. The van der Waals surface area contributed by atoms with E-state index in [1.54, 1.807) is 0 Å². The summed E-state index contributed by atoms with van der Waals surface area (Å²) in [5, 5.41) is 0. The summed E-state index contributed by atoms with van der Waals surface area (Å²) in [6.45, 7) is 2.43. The molecule has 5 fully saturated rings. The number of benzene rings is 1. The highest BCUT2D eigenvalue weighted by Crippen LogP contribution is 2.60. The maximum Gasteiger partial charge on any atom is 0.225 e. The van der Waals surface area contributed by atoms with E-state index in [-0.39, 0.29) is 11.8 Å². The van der Waals surface area contributed by atoms with Crippen LogP contribution in [0.2, 0.25) is 0 Å². The van der Waals surface area contributed by atoms with Crippen molar-refractivity contribution in [3.8, 4) is 0 Å². The number of carbonyl (C=O) groups excluding carboxylic acids is 2. The second-order valence-electron chi connectivity index (χ2n) is 11.3. The van der Waals surface area contributed by atoms with Gasteiger partial charge in [0, 0.05) is 39.0 Å². The predicted molar refractivity (Wildman–Crippen MR) is 122 cm³/mol. The molecule has 4 nitrogen and oxygen atoms in total. The fraction of sp³-hybridized carbons (Fsp3) is 0.704. The van der Waals surface area contributed by atoms with Crippen LogP contribution in [0.4, 0.5) is 0 Å². The smallest absolute Gasteiger partial charge is 0.225 e. The third kappa shape index (κ3) is 4.54. The molecule has 31 heavy (non-hydrogen) atoms. The lowest BCUT2D eigenvalue weighted by Crippen LogP contribution is -2.52. The number of hydrogen-bond donors (Lipinski definition) is 0. The van der Waals surface area contributed by atoms with Gasteiger partial charge in [0.1, 0.15) is 0 Å². The Labute approximate surface area is 187 Å². The van der Waals surface area contributed by atoms with Gasteiger partial charge in [0.25, 0.3) is 0 Å². The monoisotopic (exact) mass is 422 g/mol. The highest BCUT2D eigenvalue weighted by atomic mass is 16.2. The lowest BCUT2D eigenvalue weighted by Gasteiger charge is -2.57. The van der Waals surface area contributed by atoms with E-state index in [0.29, 0.717) is 17.7 Å². The van der Waals surface area contributed by atoms with Crippen molar-refractivity contribution in [3.05, 3.63) is 35.9 Å². The van der Waals surface area contributed by atoms with Gasteiger partial charge in [0.15, 0.2) is 0 Å². The molecule has 1 aromatic carbocycles. The Balaban J connectivity index is 1.09. The van der Waals surface area contributed by atoms with Crippen LogP contribution in [0.1, 0.15) is 63.4 Å². The van der Waals surface area contributed by atoms with Crippen LogP contribution >= 0.6 is 0 Å². The van der Waals surface area contributed by atoms with Gasteiger partial charge in [-0.05, 0) is 86.5 Å². The topological polar surface area (TPSA) is 40.6 Å². The van der Waals surface area contributed by atoms with Gasteiger partial charge in [0.05, 0.1) is 0 Å². The van der Waals surface area contributed by atoms with Gasteiger partial charge in [-0.25, -0.2) is 0 Å². The van der Waals surface area contributed by atoms with Crippen LogP contribution in [-0.2, 0) is 16.0 Å². The fourth-order valence-corrected chi connectivity index (χ4v) is 7.81. The lowest BCUT2D eigenvalue weighted by atomic mass is 9.49. The summed E-state index contributed by atoms with van der Waals surface area (Å²) in [5.74, 6) is 3.44. The average Bonchev–Trinajstić information content (AvgIpc) is 2.76. The van der Waals surface area contributed by atoms with E-state index in [1.807, 2.05) is 30.1 Å². The molecule has 0 spiro atoms. The third-order valence-corrected chi connectivity index (χ3v) is 8.78. The molecule has 4 saturated carbocycles. The number of hydrogen-bond acceptors (Lipinski definition) is 2. The predicted octanol–water partition coefficient (Wildman–Crippen LogP) is 4.53. The SMILES string of the molecule is CN(CC12CC3CC(CC(C3)C1)C2)C(=O)C1CCN(C(=O)CCc2ccccc2)CC1. The Kier molecular flexibility index (Phi) is 5.83. The average molecular weight is 423 g/mol. The quantitative estimate of drug-likeness (QED) is 0.676. The summed E-state index contributed by atoms with van der Waals surface area (Å²) in [6.07, 6.45) is 11.4.